The summed E-state index contributed by atoms with van der Waals surface area (Å²) in [5.74, 6) is -0.278. The molecule has 2 nitrogen and oxygen atoms in total. The summed E-state index contributed by atoms with van der Waals surface area (Å²) in [6.45, 7) is 0. The van der Waals surface area contributed by atoms with Crippen LogP contribution in [0.3, 0.4) is 0 Å². The van der Waals surface area contributed by atoms with Crippen LogP contribution in [0.4, 0.5) is 4.39 Å². The molecule has 15 heavy (non-hydrogen) atoms. The van der Waals surface area contributed by atoms with E-state index in [-0.39, 0.29) is 11.6 Å². The molecule has 0 saturated heterocycles. The van der Waals surface area contributed by atoms with Crippen molar-refractivity contribution in [2.24, 2.45) is 0 Å². The standard InChI is InChI=1S/C10H9FO2S2/c1-15(12,13)6-9-5-7-4-8(11)2-3-10(7)14-9/h2-5H,6H2,1H3. The molecule has 80 valence electrons. The average Bonchev–Trinajstić information content (AvgIpc) is 2.42. The van der Waals surface area contributed by atoms with Crippen LogP contribution < -0.4 is 0 Å². The highest BCUT2D eigenvalue weighted by molar-refractivity contribution is 7.90. The maximum absolute atomic E-state index is 12.9. The number of fused-ring (bicyclic) bond motifs is 1. The Bertz CT molecular complexity index is 599. The summed E-state index contributed by atoms with van der Waals surface area (Å²) in [6, 6.07) is 6.19. The van der Waals surface area contributed by atoms with E-state index in [9.17, 15) is 12.8 Å². The van der Waals surface area contributed by atoms with Crippen LogP contribution in [-0.4, -0.2) is 14.7 Å². The van der Waals surface area contributed by atoms with E-state index in [1.54, 1.807) is 12.1 Å². The Morgan fingerprint density at radius 3 is 2.73 bits per heavy atom. The Kier molecular flexibility index (Phi) is 2.52. The molecule has 2 rings (SSSR count). The molecule has 0 unspecified atom stereocenters. The fraction of sp³-hybridized carbons (Fsp3) is 0.200. The maximum atomic E-state index is 12.9. The number of hydrogen-bond acceptors (Lipinski definition) is 3. The van der Waals surface area contributed by atoms with Gasteiger partial charge in [0, 0.05) is 15.8 Å². The van der Waals surface area contributed by atoms with Crippen LogP contribution in [0.5, 0.6) is 0 Å². The normalized spacial score (nSPS) is 12.1. The number of hydrogen-bond donors (Lipinski definition) is 0. The predicted molar refractivity (Wildman–Crippen MR) is 60.3 cm³/mol. The Balaban J connectivity index is 2.48. The molecule has 0 fully saturated rings. The van der Waals surface area contributed by atoms with Crippen molar-refractivity contribution in [1.29, 1.82) is 0 Å². The van der Waals surface area contributed by atoms with Crippen LogP contribution in [0.25, 0.3) is 10.1 Å². The third-order valence-electron chi connectivity index (χ3n) is 1.93. The van der Waals surface area contributed by atoms with Gasteiger partial charge in [0.15, 0.2) is 9.84 Å². The molecule has 0 amide bonds. The molecule has 5 heteroatoms. The molecule has 0 radical (unpaired) electrons. The van der Waals surface area contributed by atoms with Gasteiger partial charge in [0.1, 0.15) is 5.82 Å². The molecule has 1 heterocycles. The second kappa shape index (κ2) is 3.57. The molecule has 0 spiro atoms. The van der Waals surface area contributed by atoms with E-state index in [0.717, 1.165) is 15.0 Å². The highest BCUT2D eigenvalue weighted by atomic mass is 32.2. The molecule has 0 saturated carbocycles. The third-order valence-corrected chi connectivity index (χ3v) is 4.07. The van der Waals surface area contributed by atoms with Gasteiger partial charge in [0.2, 0.25) is 0 Å². The number of rotatable bonds is 2. The summed E-state index contributed by atoms with van der Waals surface area (Å²) in [7, 11) is -3.02. The summed E-state index contributed by atoms with van der Waals surface area (Å²) < 4.78 is 35.9. The summed E-state index contributed by atoms with van der Waals surface area (Å²) in [5, 5.41) is 0.763. The van der Waals surface area contributed by atoms with Crippen molar-refractivity contribution in [3.63, 3.8) is 0 Å². The van der Waals surface area contributed by atoms with Gasteiger partial charge in [-0.1, -0.05) is 0 Å². The molecule has 0 atom stereocenters. The molecule has 1 aromatic carbocycles. The minimum Gasteiger partial charge on any atom is -0.229 e. The maximum Gasteiger partial charge on any atom is 0.152 e. The SMILES string of the molecule is CS(=O)(=O)Cc1cc2cc(F)ccc2s1. The molecule has 0 bridgehead atoms. The van der Waals surface area contributed by atoms with E-state index >= 15 is 0 Å². The zero-order chi connectivity index (χ0) is 11.1. The zero-order valence-electron chi connectivity index (χ0n) is 8.03. The summed E-state index contributed by atoms with van der Waals surface area (Å²) in [6.07, 6.45) is 1.19. The van der Waals surface area contributed by atoms with Crippen molar-refractivity contribution in [3.8, 4) is 0 Å². The first-order chi connectivity index (χ1) is 6.94. The lowest BCUT2D eigenvalue weighted by molar-refractivity contribution is 0.601. The van der Waals surface area contributed by atoms with E-state index in [1.165, 1.54) is 29.7 Å². The predicted octanol–water partition coefficient (Wildman–Crippen LogP) is 2.59. The minimum absolute atomic E-state index is 0.0218. The fourth-order valence-corrected chi connectivity index (χ4v) is 3.72. The number of halogens is 1. The topological polar surface area (TPSA) is 34.1 Å². The van der Waals surface area contributed by atoms with Gasteiger partial charge in [-0.3, -0.25) is 0 Å². The molecule has 0 aliphatic carbocycles. The molecule has 1 aromatic heterocycles. The van der Waals surface area contributed by atoms with Crippen molar-refractivity contribution < 1.29 is 12.8 Å². The first-order valence-electron chi connectivity index (χ1n) is 4.30. The van der Waals surface area contributed by atoms with E-state index in [2.05, 4.69) is 0 Å². The van der Waals surface area contributed by atoms with Crippen molar-refractivity contribution >= 4 is 31.3 Å². The van der Waals surface area contributed by atoms with Crippen LogP contribution in [-0.2, 0) is 15.6 Å². The summed E-state index contributed by atoms with van der Waals surface area (Å²) in [5.41, 5.74) is 0. The molecule has 0 N–H and O–H groups in total. The van der Waals surface area contributed by atoms with Crippen molar-refractivity contribution in [2.75, 3.05) is 6.26 Å². The van der Waals surface area contributed by atoms with E-state index in [0.29, 0.717) is 0 Å². The lowest BCUT2D eigenvalue weighted by Gasteiger charge is -1.91. The average molecular weight is 244 g/mol. The van der Waals surface area contributed by atoms with Crippen molar-refractivity contribution in [3.05, 3.63) is 35.0 Å². The van der Waals surface area contributed by atoms with Crippen molar-refractivity contribution in [1.82, 2.24) is 0 Å². The molecule has 2 aromatic rings. The van der Waals surface area contributed by atoms with Gasteiger partial charge in [-0.2, -0.15) is 0 Å². The van der Waals surface area contributed by atoms with Crippen LogP contribution in [0, 0.1) is 5.82 Å². The molecule has 0 aliphatic heterocycles. The van der Waals surface area contributed by atoms with Crippen LogP contribution >= 0.6 is 11.3 Å². The Hall–Kier alpha value is -0.940. The Labute approximate surface area is 91.3 Å². The summed E-state index contributed by atoms with van der Waals surface area (Å²) in [4.78, 5) is 0.748. The highest BCUT2D eigenvalue weighted by Gasteiger charge is 2.08. The quantitative estimate of drug-likeness (QED) is 0.813. The number of benzene rings is 1. The smallest absolute Gasteiger partial charge is 0.152 e. The minimum atomic E-state index is -3.02. The Morgan fingerprint density at radius 1 is 1.33 bits per heavy atom. The first-order valence-corrected chi connectivity index (χ1v) is 7.17. The summed E-state index contributed by atoms with van der Waals surface area (Å²) >= 11 is 1.39. The monoisotopic (exact) mass is 244 g/mol. The van der Waals surface area contributed by atoms with Crippen molar-refractivity contribution in [2.45, 2.75) is 5.75 Å². The largest absolute Gasteiger partial charge is 0.229 e. The third kappa shape index (κ3) is 2.54. The molecule has 0 aliphatic rings. The fourth-order valence-electron chi connectivity index (χ4n) is 1.40. The number of thiophene rings is 1. The second-order valence-electron chi connectivity index (χ2n) is 3.46. The van der Waals surface area contributed by atoms with Gasteiger partial charge >= 0.3 is 0 Å². The van der Waals surface area contributed by atoms with Gasteiger partial charge in [-0.25, -0.2) is 12.8 Å². The second-order valence-corrected chi connectivity index (χ2v) is 6.77. The first kappa shape index (κ1) is 10.6. The van der Waals surface area contributed by atoms with Crippen LogP contribution in [0.2, 0.25) is 0 Å². The molecular weight excluding hydrogens is 235 g/mol. The zero-order valence-corrected chi connectivity index (χ0v) is 9.66. The van der Waals surface area contributed by atoms with Crippen LogP contribution in [0.15, 0.2) is 24.3 Å². The molecular formula is C10H9FO2S2. The van der Waals surface area contributed by atoms with Crippen LogP contribution in [0.1, 0.15) is 4.88 Å². The lowest BCUT2D eigenvalue weighted by atomic mass is 10.2. The lowest BCUT2D eigenvalue weighted by Crippen LogP contribution is -1.98. The highest BCUT2D eigenvalue weighted by Crippen LogP contribution is 2.27. The van der Waals surface area contributed by atoms with Gasteiger partial charge in [-0.05, 0) is 29.7 Å². The van der Waals surface area contributed by atoms with E-state index in [1.807, 2.05) is 0 Å². The van der Waals surface area contributed by atoms with Gasteiger partial charge < -0.3 is 0 Å². The van der Waals surface area contributed by atoms with E-state index in [4.69, 9.17) is 0 Å². The Morgan fingerprint density at radius 2 is 2.07 bits per heavy atom. The van der Waals surface area contributed by atoms with Gasteiger partial charge in [0.05, 0.1) is 5.75 Å². The van der Waals surface area contributed by atoms with E-state index < -0.39 is 9.84 Å². The van der Waals surface area contributed by atoms with Gasteiger partial charge in [0.25, 0.3) is 0 Å². The van der Waals surface area contributed by atoms with Gasteiger partial charge in [-0.15, -0.1) is 11.3 Å². The number of sulfone groups is 1.